The summed E-state index contributed by atoms with van der Waals surface area (Å²) in [6.07, 6.45) is -1.41. The van der Waals surface area contributed by atoms with Crippen LogP contribution >= 0.6 is 0 Å². The molecule has 0 fully saturated rings. The molecule has 1 rings (SSSR count). The zero-order chi connectivity index (χ0) is 10.3. The molecule has 0 amide bonds. The lowest BCUT2D eigenvalue weighted by Gasteiger charge is -2.03. The van der Waals surface area contributed by atoms with Gasteiger partial charge in [-0.3, -0.25) is 0 Å². The molecule has 0 heterocycles. The molecule has 1 atom stereocenters. The number of carboxylic acid groups (broad SMARTS) is 1. The van der Waals surface area contributed by atoms with Crippen LogP contribution in [0.5, 0.6) is 0 Å². The van der Waals surface area contributed by atoms with E-state index in [4.69, 9.17) is 15.0 Å². The third kappa shape index (κ3) is 3.48. The lowest BCUT2D eigenvalue weighted by molar-refractivity contribution is -0.146. The molecule has 4 nitrogen and oxygen atoms in total. The maximum atomic E-state index is 10.2. The quantitative estimate of drug-likeness (QED) is 0.703. The van der Waals surface area contributed by atoms with Crippen LogP contribution in [-0.4, -0.2) is 23.0 Å². The Bertz CT molecular complexity index is 258. The molecule has 4 heteroatoms. The summed E-state index contributed by atoms with van der Waals surface area (Å²) in [5.74, 6) is -1.23. The second kappa shape index (κ2) is 5.91. The molecule has 1 unspecified atom stereocenters. The molecule has 1 aromatic carbocycles. The average Bonchev–Trinajstić information content (AvgIpc) is 2.21. The van der Waals surface area contributed by atoms with Crippen LogP contribution in [0.1, 0.15) is 11.7 Å². The van der Waals surface area contributed by atoms with Gasteiger partial charge in [0.05, 0.1) is 0 Å². The van der Waals surface area contributed by atoms with Crippen LogP contribution in [0.4, 0.5) is 0 Å². The van der Waals surface area contributed by atoms with Gasteiger partial charge in [0.15, 0.2) is 6.10 Å². The van der Waals surface area contributed by atoms with Gasteiger partial charge in [-0.15, -0.1) is 0 Å². The number of carbonyl (C=O) groups is 2. The SMILES string of the molecule is C=O.O=C(O)C(O)c1ccccc1. The maximum absolute atomic E-state index is 10.2. The van der Waals surface area contributed by atoms with Crippen molar-refractivity contribution in [3.8, 4) is 0 Å². The van der Waals surface area contributed by atoms with E-state index < -0.39 is 12.1 Å². The molecular formula is C9H10O4. The Morgan fingerprint density at radius 1 is 1.23 bits per heavy atom. The number of benzene rings is 1. The lowest BCUT2D eigenvalue weighted by Crippen LogP contribution is -2.09. The van der Waals surface area contributed by atoms with E-state index in [0.717, 1.165) is 0 Å². The van der Waals surface area contributed by atoms with Gasteiger partial charge in [0, 0.05) is 0 Å². The first-order valence-corrected chi connectivity index (χ1v) is 3.46. The summed E-state index contributed by atoms with van der Waals surface area (Å²) in [4.78, 5) is 18.2. The third-order valence-electron chi connectivity index (χ3n) is 1.35. The molecule has 0 aliphatic rings. The fourth-order valence-electron chi connectivity index (χ4n) is 0.778. The molecule has 13 heavy (non-hydrogen) atoms. The minimum Gasteiger partial charge on any atom is -0.479 e. The molecule has 0 saturated heterocycles. The van der Waals surface area contributed by atoms with Crippen molar-refractivity contribution >= 4 is 12.8 Å². The van der Waals surface area contributed by atoms with Crippen molar-refractivity contribution in [2.45, 2.75) is 6.10 Å². The normalized spacial score (nSPS) is 10.8. The first-order valence-electron chi connectivity index (χ1n) is 3.46. The van der Waals surface area contributed by atoms with E-state index in [0.29, 0.717) is 5.56 Å². The van der Waals surface area contributed by atoms with E-state index in [-0.39, 0.29) is 0 Å². The minimum absolute atomic E-state index is 0.403. The number of hydrogen-bond donors (Lipinski definition) is 2. The highest BCUT2D eigenvalue weighted by Gasteiger charge is 2.14. The molecule has 0 aromatic heterocycles. The van der Waals surface area contributed by atoms with Crippen molar-refractivity contribution in [3.63, 3.8) is 0 Å². The first kappa shape index (κ1) is 11.3. The van der Waals surface area contributed by atoms with Crippen LogP contribution in [-0.2, 0) is 9.59 Å². The molecule has 0 aliphatic carbocycles. The van der Waals surface area contributed by atoms with E-state index in [1.807, 2.05) is 6.79 Å². The standard InChI is InChI=1S/C8H8O3.CH2O/c9-7(8(10)11)6-4-2-1-3-5-6;1-2/h1-5,7,9H,(H,10,11);1H2. The van der Waals surface area contributed by atoms with Crippen molar-refractivity contribution in [3.05, 3.63) is 35.9 Å². The van der Waals surface area contributed by atoms with Crippen LogP contribution < -0.4 is 0 Å². The largest absolute Gasteiger partial charge is 0.479 e. The Labute approximate surface area is 75.4 Å². The maximum Gasteiger partial charge on any atom is 0.337 e. The molecule has 0 aliphatic heterocycles. The smallest absolute Gasteiger partial charge is 0.337 e. The van der Waals surface area contributed by atoms with Gasteiger partial charge in [-0.05, 0) is 5.56 Å². The number of rotatable bonds is 2. The molecule has 1 aromatic rings. The zero-order valence-corrected chi connectivity index (χ0v) is 6.88. The zero-order valence-electron chi connectivity index (χ0n) is 6.88. The van der Waals surface area contributed by atoms with Crippen molar-refractivity contribution in [2.75, 3.05) is 0 Å². The van der Waals surface area contributed by atoms with Crippen LogP contribution in [0.3, 0.4) is 0 Å². The highest BCUT2D eigenvalue weighted by molar-refractivity contribution is 5.73. The Hall–Kier alpha value is -1.68. The monoisotopic (exact) mass is 182 g/mol. The summed E-state index contributed by atoms with van der Waals surface area (Å²) >= 11 is 0. The minimum atomic E-state index is -1.41. The van der Waals surface area contributed by atoms with Gasteiger partial charge < -0.3 is 15.0 Å². The van der Waals surface area contributed by atoms with Gasteiger partial charge in [0.25, 0.3) is 0 Å². The van der Waals surface area contributed by atoms with Crippen molar-refractivity contribution in [1.82, 2.24) is 0 Å². The van der Waals surface area contributed by atoms with E-state index in [2.05, 4.69) is 0 Å². The van der Waals surface area contributed by atoms with Gasteiger partial charge in [-0.25, -0.2) is 4.79 Å². The first-order chi connectivity index (χ1) is 6.22. The summed E-state index contributed by atoms with van der Waals surface area (Å²) in [5.41, 5.74) is 0.403. The van der Waals surface area contributed by atoms with Gasteiger partial charge in [0.1, 0.15) is 6.79 Å². The number of aliphatic carboxylic acids is 1. The van der Waals surface area contributed by atoms with E-state index in [9.17, 15) is 4.79 Å². The second-order valence-corrected chi connectivity index (χ2v) is 2.15. The van der Waals surface area contributed by atoms with E-state index in [1.165, 1.54) is 0 Å². The topological polar surface area (TPSA) is 74.6 Å². The molecule has 0 bridgehead atoms. The van der Waals surface area contributed by atoms with Crippen LogP contribution in [0.25, 0.3) is 0 Å². The third-order valence-corrected chi connectivity index (χ3v) is 1.35. The summed E-state index contributed by atoms with van der Waals surface area (Å²) in [5, 5.41) is 17.4. The second-order valence-electron chi connectivity index (χ2n) is 2.15. The van der Waals surface area contributed by atoms with Gasteiger partial charge in [-0.2, -0.15) is 0 Å². The molecule has 0 radical (unpaired) electrons. The summed E-state index contributed by atoms with van der Waals surface area (Å²) in [7, 11) is 0. The lowest BCUT2D eigenvalue weighted by atomic mass is 10.1. The number of hydrogen-bond acceptors (Lipinski definition) is 3. The van der Waals surface area contributed by atoms with Crippen molar-refractivity contribution in [2.24, 2.45) is 0 Å². The fourth-order valence-corrected chi connectivity index (χ4v) is 0.778. The molecule has 70 valence electrons. The van der Waals surface area contributed by atoms with E-state index in [1.54, 1.807) is 30.3 Å². The van der Waals surface area contributed by atoms with Gasteiger partial charge in [0.2, 0.25) is 0 Å². The number of carbonyl (C=O) groups excluding carboxylic acids is 1. The summed E-state index contributed by atoms with van der Waals surface area (Å²) in [6, 6.07) is 8.26. The Morgan fingerprint density at radius 3 is 2.08 bits per heavy atom. The van der Waals surface area contributed by atoms with Gasteiger partial charge >= 0.3 is 5.97 Å². The fraction of sp³-hybridized carbons (Fsp3) is 0.111. The highest BCUT2D eigenvalue weighted by atomic mass is 16.4. The number of carboxylic acids is 1. The Kier molecular flexibility index (Phi) is 5.14. The van der Waals surface area contributed by atoms with Crippen LogP contribution in [0, 0.1) is 0 Å². The predicted octanol–water partition coefficient (Wildman–Crippen LogP) is 0.620. The molecular weight excluding hydrogens is 172 g/mol. The van der Waals surface area contributed by atoms with Crippen molar-refractivity contribution in [1.29, 1.82) is 0 Å². The molecule has 0 saturated carbocycles. The molecule has 2 N–H and O–H groups in total. The molecule has 0 spiro atoms. The Balaban J connectivity index is 0.000000671. The number of aliphatic hydroxyl groups is 1. The van der Waals surface area contributed by atoms with Crippen LogP contribution in [0.15, 0.2) is 30.3 Å². The van der Waals surface area contributed by atoms with Crippen molar-refractivity contribution < 1.29 is 19.8 Å². The number of aliphatic hydroxyl groups excluding tert-OH is 1. The Morgan fingerprint density at radius 2 is 1.69 bits per heavy atom. The highest BCUT2D eigenvalue weighted by Crippen LogP contribution is 2.10. The predicted molar refractivity (Wildman–Crippen MR) is 46.2 cm³/mol. The average molecular weight is 182 g/mol. The van der Waals surface area contributed by atoms with E-state index >= 15 is 0 Å². The van der Waals surface area contributed by atoms with Crippen LogP contribution in [0.2, 0.25) is 0 Å². The van der Waals surface area contributed by atoms with Gasteiger partial charge in [-0.1, -0.05) is 30.3 Å². The summed E-state index contributed by atoms with van der Waals surface area (Å²) < 4.78 is 0. The summed E-state index contributed by atoms with van der Waals surface area (Å²) in [6.45, 7) is 2.00.